The number of hydrogen-bond donors (Lipinski definition) is 2. The Bertz CT molecular complexity index is 1200. The smallest absolute Gasteiger partial charge is 0.278 e. The van der Waals surface area contributed by atoms with E-state index in [4.69, 9.17) is 9.88 Å². The van der Waals surface area contributed by atoms with E-state index in [0.717, 1.165) is 5.56 Å². The lowest BCUT2D eigenvalue weighted by Gasteiger charge is -2.12. The van der Waals surface area contributed by atoms with Crippen LogP contribution in [0.25, 0.3) is 5.69 Å². The first kappa shape index (κ1) is 20.5. The molecule has 0 atom stereocenters. The molecule has 0 aliphatic carbocycles. The zero-order chi connectivity index (χ0) is 21.3. The second-order valence-corrected chi connectivity index (χ2v) is 8.11. The average Bonchev–Trinajstić information content (AvgIpc) is 3.06. The van der Waals surface area contributed by atoms with Crippen LogP contribution < -0.4 is 15.2 Å². The van der Waals surface area contributed by atoms with Crippen molar-refractivity contribution in [1.29, 1.82) is 0 Å². The maximum Gasteiger partial charge on any atom is 0.278 e. The zero-order valence-electron chi connectivity index (χ0n) is 16.4. The van der Waals surface area contributed by atoms with Gasteiger partial charge in [-0.3, -0.25) is 4.79 Å². The summed E-state index contributed by atoms with van der Waals surface area (Å²) in [5, 5.41) is 16.0. The van der Waals surface area contributed by atoms with Crippen LogP contribution in [0.4, 0.5) is 5.69 Å². The van der Waals surface area contributed by atoms with E-state index in [1.807, 2.05) is 6.07 Å². The zero-order valence-corrected chi connectivity index (χ0v) is 17.2. The predicted molar refractivity (Wildman–Crippen MR) is 108 cm³/mol. The quantitative estimate of drug-likeness (QED) is 0.656. The highest BCUT2D eigenvalue weighted by Gasteiger charge is 2.20. The van der Waals surface area contributed by atoms with E-state index in [1.54, 1.807) is 46.1 Å². The molecule has 2 aromatic carbocycles. The van der Waals surface area contributed by atoms with Crippen LogP contribution in [-0.2, 0) is 10.0 Å². The molecule has 0 fully saturated rings. The number of carbonyl (C=O) groups excluding carboxylic acids is 1. The number of amides is 1. The number of carbonyl (C=O) groups is 1. The molecule has 0 spiro atoms. The number of aromatic nitrogens is 3. The predicted octanol–water partition coefficient (Wildman–Crippen LogP) is 2.10. The lowest BCUT2D eigenvalue weighted by Crippen LogP contribution is -2.17. The van der Waals surface area contributed by atoms with Crippen LogP contribution in [0.1, 0.15) is 27.3 Å². The Morgan fingerprint density at radius 2 is 1.90 bits per heavy atom. The minimum absolute atomic E-state index is 0.0762. The molecule has 3 N–H and O–H groups in total. The third kappa shape index (κ3) is 4.13. The topological polar surface area (TPSA) is 129 Å². The van der Waals surface area contributed by atoms with Crippen LogP contribution in [0.3, 0.4) is 0 Å². The summed E-state index contributed by atoms with van der Waals surface area (Å²) < 4.78 is 30.1. The van der Waals surface area contributed by atoms with Gasteiger partial charge in [-0.25, -0.2) is 18.2 Å². The number of hydrogen-bond acceptors (Lipinski definition) is 6. The van der Waals surface area contributed by atoms with E-state index in [2.05, 4.69) is 15.6 Å². The van der Waals surface area contributed by atoms with Gasteiger partial charge in [0.25, 0.3) is 5.91 Å². The van der Waals surface area contributed by atoms with Crippen molar-refractivity contribution in [3.05, 3.63) is 58.9 Å². The molecule has 0 saturated carbocycles. The van der Waals surface area contributed by atoms with E-state index in [1.165, 1.54) is 16.8 Å². The van der Waals surface area contributed by atoms with Crippen LogP contribution in [0, 0.1) is 20.8 Å². The Kier molecular flexibility index (Phi) is 5.40. The summed E-state index contributed by atoms with van der Waals surface area (Å²) in [5.41, 5.74) is 3.08. The van der Waals surface area contributed by atoms with Gasteiger partial charge in [-0.15, -0.1) is 5.10 Å². The Morgan fingerprint density at radius 1 is 1.17 bits per heavy atom. The van der Waals surface area contributed by atoms with Crippen LogP contribution in [0.15, 0.2) is 41.3 Å². The van der Waals surface area contributed by atoms with Crippen molar-refractivity contribution in [3.63, 3.8) is 0 Å². The number of nitrogens with two attached hydrogens (primary N) is 1. The number of sulfonamides is 1. The molecule has 0 aliphatic heterocycles. The Morgan fingerprint density at radius 3 is 2.55 bits per heavy atom. The van der Waals surface area contributed by atoms with Crippen molar-refractivity contribution >= 4 is 21.6 Å². The summed E-state index contributed by atoms with van der Waals surface area (Å²) >= 11 is 0. The molecule has 1 amide bonds. The summed E-state index contributed by atoms with van der Waals surface area (Å²) in [5.74, 6) is 0.139. The summed E-state index contributed by atoms with van der Waals surface area (Å²) in [7, 11) is -2.35. The van der Waals surface area contributed by atoms with Gasteiger partial charge >= 0.3 is 0 Å². The third-order valence-corrected chi connectivity index (χ3v) is 5.52. The maximum absolute atomic E-state index is 12.8. The Labute approximate surface area is 168 Å². The lowest BCUT2D eigenvalue weighted by molar-refractivity contribution is 0.102. The second-order valence-electron chi connectivity index (χ2n) is 6.55. The van der Waals surface area contributed by atoms with Gasteiger partial charge < -0.3 is 10.1 Å². The molecule has 1 aromatic heterocycles. The molecule has 3 rings (SSSR count). The van der Waals surface area contributed by atoms with Gasteiger partial charge in [-0.05, 0) is 56.2 Å². The molecule has 10 heteroatoms. The lowest BCUT2D eigenvalue weighted by atomic mass is 10.1. The molecular formula is C19H21N5O4S. The molecule has 0 unspecified atom stereocenters. The number of nitrogens with zero attached hydrogens (tertiary/aromatic N) is 3. The molecule has 9 nitrogen and oxygen atoms in total. The first-order valence-corrected chi connectivity index (χ1v) is 10.2. The van der Waals surface area contributed by atoms with E-state index >= 15 is 0 Å². The molecule has 0 radical (unpaired) electrons. The second kappa shape index (κ2) is 7.64. The van der Waals surface area contributed by atoms with Crippen molar-refractivity contribution in [2.75, 3.05) is 12.4 Å². The highest BCUT2D eigenvalue weighted by Crippen LogP contribution is 2.25. The number of benzene rings is 2. The van der Waals surface area contributed by atoms with Crippen molar-refractivity contribution in [1.82, 2.24) is 15.0 Å². The van der Waals surface area contributed by atoms with Crippen LogP contribution in [0.5, 0.6) is 5.75 Å². The first-order chi connectivity index (χ1) is 13.6. The van der Waals surface area contributed by atoms with Crippen LogP contribution in [-0.4, -0.2) is 36.4 Å². The standard InChI is InChI=1S/C19H21N5O4S/c1-11-8-16(29(20,26)27)10-17(12(11)2)21-19(25)18-13(3)24(23-22-18)14-6-5-7-15(9-14)28-4/h5-10H,1-4H3,(H,21,25)(H2,20,26,27). The summed E-state index contributed by atoms with van der Waals surface area (Å²) in [4.78, 5) is 12.7. The molecule has 3 aromatic rings. The van der Waals surface area contributed by atoms with Gasteiger partial charge in [-0.2, -0.15) is 0 Å². The summed E-state index contributed by atoms with van der Waals surface area (Å²) in [6.07, 6.45) is 0. The maximum atomic E-state index is 12.8. The van der Waals surface area contributed by atoms with E-state index in [-0.39, 0.29) is 10.6 Å². The van der Waals surface area contributed by atoms with Gasteiger partial charge in [0.05, 0.1) is 23.4 Å². The number of rotatable bonds is 5. The number of aryl methyl sites for hydroxylation is 1. The minimum atomic E-state index is -3.91. The van der Waals surface area contributed by atoms with Gasteiger partial charge in [0, 0.05) is 11.8 Å². The molecule has 29 heavy (non-hydrogen) atoms. The number of methoxy groups -OCH3 is 1. The summed E-state index contributed by atoms with van der Waals surface area (Å²) in [6, 6.07) is 9.98. The van der Waals surface area contributed by atoms with Gasteiger partial charge in [0.2, 0.25) is 10.0 Å². The Balaban J connectivity index is 1.95. The van der Waals surface area contributed by atoms with Crippen LogP contribution >= 0.6 is 0 Å². The van der Waals surface area contributed by atoms with Crippen molar-refractivity contribution in [2.24, 2.45) is 5.14 Å². The SMILES string of the molecule is COc1cccc(-n2nnc(C(=O)Nc3cc(S(N)(=O)=O)cc(C)c3C)c2C)c1. The molecule has 0 bridgehead atoms. The van der Waals surface area contributed by atoms with Gasteiger partial charge in [-0.1, -0.05) is 11.3 Å². The fourth-order valence-electron chi connectivity index (χ4n) is 2.83. The van der Waals surface area contributed by atoms with E-state index in [0.29, 0.717) is 28.4 Å². The Hall–Kier alpha value is -3.24. The largest absolute Gasteiger partial charge is 0.497 e. The molecule has 1 heterocycles. The van der Waals surface area contributed by atoms with Crippen molar-refractivity contribution < 1.29 is 17.9 Å². The monoisotopic (exact) mass is 415 g/mol. The third-order valence-electron chi connectivity index (χ3n) is 4.63. The van der Waals surface area contributed by atoms with Crippen molar-refractivity contribution in [3.8, 4) is 11.4 Å². The molecule has 0 aliphatic rings. The minimum Gasteiger partial charge on any atom is -0.497 e. The van der Waals surface area contributed by atoms with Gasteiger partial charge in [0.15, 0.2) is 5.69 Å². The fourth-order valence-corrected chi connectivity index (χ4v) is 3.45. The van der Waals surface area contributed by atoms with E-state index in [9.17, 15) is 13.2 Å². The summed E-state index contributed by atoms with van der Waals surface area (Å²) in [6.45, 7) is 5.23. The highest BCUT2D eigenvalue weighted by atomic mass is 32.2. The molecule has 0 saturated heterocycles. The number of primary sulfonamides is 1. The van der Waals surface area contributed by atoms with E-state index < -0.39 is 15.9 Å². The molecule has 152 valence electrons. The normalized spacial score (nSPS) is 11.3. The average molecular weight is 415 g/mol. The number of nitrogens with one attached hydrogen (secondary N) is 1. The first-order valence-electron chi connectivity index (χ1n) is 8.64. The fraction of sp³-hybridized carbons (Fsp3) is 0.211. The molecular weight excluding hydrogens is 394 g/mol. The van der Waals surface area contributed by atoms with Gasteiger partial charge in [0.1, 0.15) is 5.75 Å². The highest BCUT2D eigenvalue weighted by molar-refractivity contribution is 7.89. The van der Waals surface area contributed by atoms with Crippen LogP contribution in [0.2, 0.25) is 0 Å². The number of ether oxygens (including phenoxy) is 1. The van der Waals surface area contributed by atoms with Crippen molar-refractivity contribution in [2.45, 2.75) is 25.7 Å². The number of anilines is 1.